The highest BCUT2D eigenvalue weighted by atomic mass is 32.2. The molecule has 5 rings (SSSR count). The van der Waals surface area contributed by atoms with Crippen LogP contribution >= 0.6 is 0 Å². The van der Waals surface area contributed by atoms with E-state index in [2.05, 4.69) is 15.0 Å². The first-order valence-electron chi connectivity index (χ1n) is 15.2. The fraction of sp³-hybridized carbons (Fsp3) is 0.294. The Balaban J connectivity index is 1.64. The number of halogens is 4. The van der Waals surface area contributed by atoms with Crippen LogP contribution in [0.25, 0.3) is 10.8 Å². The van der Waals surface area contributed by atoms with Crippen molar-refractivity contribution in [2.75, 3.05) is 24.7 Å². The van der Waals surface area contributed by atoms with Crippen LogP contribution in [0.4, 0.5) is 29.1 Å². The normalized spacial score (nSPS) is 17.1. The predicted molar refractivity (Wildman–Crippen MR) is 174 cm³/mol. The Morgan fingerprint density at radius 2 is 1.76 bits per heavy atom. The van der Waals surface area contributed by atoms with E-state index in [1.807, 2.05) is 0 Å². The van der Waals surface area contributed by atoms with Gasteiger partial charge < -0.3 is 25.4 Å². The number of likely N-dealkylation sites (tertiary alicyclic amines) is 1. The molecule has 1 fully saturated rings. The highest BCUT2D eigenvalue weighted by Gasteiger charge is 2.49. The van der Waals surface area contributed by atoms with Crippen LogP contribution in [0.1, 0.15) is 43.5 Å². The van der Waals surface area contributed by atoms with Crippen LogP contribution in [0.3, 0.4) is 0 Å². The number of carbonyl (C=O) groups excluding carboxylic acids is 3. The molecule has 1 aromatic heterocycles. The number of rotatable bonds is 9. The van der Waals surface area contributed by atoms with Crippen molar-refractivity contribution in [3.63, 3.8) is 0 Å². The maximum atomic E-state index is 14.7. The van der Waals surface area contributed by atoms with Crippen LogP contribution in [0.5, 0.6) is 5.75 Å². The van der Waals surface area contributed by atoms with E-state index in [4.69, 9.17) is 10.5 Å². The minimum atomic E-state index is -5.49. The average Bonchev–Trinajstić information content (AvgIpc) is 3.52. The van der Waals surface area contributed by atoms with Crippen molar-refractivity contribution < 1.29 is 49.8 Å². The number of benzene rings is 3. The summed E-state index contributed by atoms with van der Waals surface area (Å²) >= 11 is 0. The van der Waals surface area contributed by atoms with Crippen molar-refractivity contribution in [2.24, 2.45) is 5.92 Å². The van der Waals surface area contributed by atoms with Gasteiger partial charge in [-0.2, -0.15) is 13.2 Å². The molecule has 1 aliphatic rings. The first-order valence-corrected chi connectivity index (χ1v) is 16.8. The van der Waals surface area contributed by atoms with Gasteiger partial charge in [0.15, 0.2) is 21.4 Å². The molecule has 4 aromatic rings. The Hall–Kier alpha value is -5.25. The second kappa shape index (κ2) is 13.9. The summed E-state index contributed by atoms with van der Waals surface area (Å²) in [4.78, 5) is 44.6. The molecule has 11 nitrogen and oxygen atoms in total. The zero-order valence-electron chi connectivity index (χ0n) is 26.9. The van der Waals surface area contributed by atoms with Crippen LogP contribution in [0.15, 0.2) is 77.8 Å². The molecule has 3 N–H and O–H groups in total. The molecule has 1 amide bonds. The lowest BCUT2D eigenvalue weighted by Gasteiger charge is -2.33. The molecule has 0 bridgehead atoms. The number of ether oxygens (including phenoxy) is 2. The van der Waals surface area contributed by atoms with Crippen molar-refractivity contribution in [1.29, 1.82) is 0 Å². The van der Waals surface area contributed by atoms with Gasteiger partial charge in [0, 0.05) is 23.8 Å². The lowest BCUT2D eigenvalue weighted by Crippen LogP contribution is -2.40. The molecular formula is C34H32F4N4O7S. The number of alkyl halides is 3. The van der Waals surface area contributed by atoms with E-state index in [0.717, 1.165) is 11.0 Å². The molecule has 16 heteroatoms. The van der Waals surface area contributed by atoms with Crippen molar-refractivity contribution in [3.05, 3.63) is 89.9 Å². The maximum Gasteiger partial charge on any atom is 0.491 e. The highest BCUT2D eigenvalue weighted by Crippen LogP contribution is 2.43. The SMILES string of the molecule is COc1cc([C@@H](Nc2ccc3c(N)nccc3c2)C(=O)N2CC[C@@H](C(=O)OC(=O)C(F)(F)F)[C@H]2c2ccccc2S(=O)(=O)C(C)C)ccc1F. The van der Waals surface area contributed by atoms with E-state index in [9.17, 15) is 40.4 Å². The van der Waals surface area contributed by atoms with E-state index in [1.165, 1.54) is 63.6 Å². The molecule has 0 radical (unpaired) electrons. The van der Waals surface area contributed by atoms with Crippen molar-refractivity contribution in [2.45, 2.75) is 48.7 Å². The number of nitrogens with one attached hydrogen (secondary N) is 1. The zero-order valence-corrected chi connectivity index (χ0v) is 27.7. The molecule has 3 atom stereocenters. The summed E-state index contributed by atoms with van der Waals surface area (Å²) in [5.41, 5.74) is 6.53. The number of carbonyl (C=O) groups is 3. The quantitative estimate of drug-likeness (QED) is 0.128. The summed E-state index contributed by atoms with van der Waals surface area (Å²) in [6, 6.07) is 13.0. The van der Waals surface area contributed by atoms with Gasteiger partial charge in [-0.05, 0) is 79.2 Å². The monoisotopic (exact) mass is 716 g/mol. The number of aromatic nitrogens is 1. The third-order valence-corrected chi connectivity index (χ3v) is 10.7. The zero-order chi connectivity index (χ0) is 36.5. The molecule has 1 saturated heterocycles. The van der Waals surface area contributed by atoms with Crippen LogP contribution < -0.4 is 15.8 Å². The summed E-state index contributed by atoms with van der Waals surface area (Å²) in [5.74, 6) is -7.32. The molecular weight excluding hydrogens is 684 g/mol. The van der Waals surface area contributed by atoms with Gasteiger partial charge in [0.1, 0.15) is 11.9 Å². The van der Waals surface area contributed by atoms with Crippen molar-refractivity contribution >= 4 is 50.0 Å². The molecule has 1 aliphatic heterocycles. The fourth-order valence-corrected chi connectivity index (χ4v) is 7.19. The number of nitrogens with two attached hydrogens (primary N) is 1. The summed E-state index contributed by atoms with van der Waals surface area (Å²) in [6.45, 7) is 2.59. The molecule has 264 valence electrons. The van der Waals surface area contributed by atoms with Gasteiger partial charge >= 0.3 is 18.1 Å². The summed E-state index contributed by atoms with van der Waals surface area (Å²) in [6.07, 6.45) is -4.28. The molecule has 0 unspecified atom stereocenters. The number of fused-ring (bicyclic) bond motifs is 1. The van der Waals surface area contributed by atoms with Gasteiger partial charge in [0.05, 0.1) is 29.2 Å². The standard InChI is InChI=1S/C34H32F4N4O7S/c1-18(2)50(46,47)27-7-5-4-6-23(27)29-24(32(44)49-33(45)34(36,37)38)13-15-42(29)31(43)28(20-8-11-25(35)26(17-20)48-3)41-21-9-10-22-19(16-21)12-14-40-30(22)39/h4-12,14,16-18,24,28-29,41H,13,15H2,1-3H3,(H2,39,40)/t24-,28-,29-/m1/s1. The Labute approximate surface area is 284 Å². The first kappa shape index (κ1) is 36.0. The van der Waals surface area contributed by atoms with Gasteiger partial charge in [-0.3, -0.25) is 9.59 Å². The number of sulfone groups is 1. The first-order chi connectivity index (χ1) is 23.5. The van der Waals surface area contributed by atoms with Crippen LogP contribution in [0, 0.1) is 11.7 Å². The Kier molecular flexibility index (Phi) is 10.0. The Morgan fingerprint density at radius 1 is 1.04 bits per heavy atom. The molecule has 0 aliphatic carbocycles. The number of pyridine rings is 1. The average molecular weight is 717 g/mol. The van der Waals surface area contributed by atoms with Gasteiger partial charge in [-0.25, -0.2) is 22.6 Å². The van der Waals surface area contributed by atoms with Gasteiger partial charge in [0.2, 0.25) is 5.91 Å². The number of nitrogens with zero attached hydrogens (tertiary/aromatic N) is 2. The van der Waals surface area contributed by atoms with Gasteiger partial charge in [-0.15, -0.1) is 0 Å². The Bertz CT molecular complexity index is 2070. The minimum absolute atomic E-state index is 0.0578. The topological polar surface area (TPSA) is 158 Å². The maximum absolute atomic E-state index is 14.7. The minimum Gasteiger partial charge on any atom is -0.494 e. The second-order valence-corrected chi connectivity index (χ2v) is 14.3. The molecule has 3 aromatic carbocycles. The third-order valence-electron chi connectivity index (χ3n) is 8.43. The number of anilines is 2. The van der Waals surface area contributed by atoms with E-state index in [-0.39, 0.29) is 40.6 Å². The lowest BCUT2D eigenvalue weighted by molar-refractivity contribution is -0.203. The number of methoxy groups -OCH3 is 1. The summed E-state index contributed by atoms with van der Waals surface area (Å²) in [5, 5.41) is 3.45. The highest BCUT2D eigenvalue weighted by molar-refractivity contribution is 7.92. The largest absolute Gasteiger partial charge is 0.494 e. The van der Waals surface area contributed by atoms with E-state index in [0.29, 0.717) is 16.5 Å². The molecule has 50 heavy (non-hydrogen) atoms. The predicted octanol–water partition coefficient (Wildman–Crippen LogP) is 5.52. The fourth-order valence-electron chi connectivity index (χ4n) is 5.90. The molecule has 0 saturated carbocycles. The number of amides is 1. The summed E-state index contributed by atoms with van der Waals surface area (Å²) < 4.78 is 90.2. The van der Waals surface area contributed by atoms with Gasteiger partial charge in [0.25, 0.3) is 0 Å². The van der Waals surface area contributed by atoms with Gasteiger partial charge in [-0.1, -0.05) is 24.3 Å². The lowest BCUT2D eigenvalue weighted by atomic mass is 9.93. The number of hydrogen-bond acceptors (Lipinski definition) is 10. The van der Waals surface area contributed by atoms with Crippen molar-refractivity contribution in [1.82, 2.24) is 9.88 Å². The van der Waals surface area contributed by atoms with E-state index >= 15 is 0 Å². The van der Waals surface area contributed by atoms with Crippen LogP contribution in [0.2, 0.25) is 0 Å². The molecule has 0 spiro atoms. The Morgan fingerprint density at radius 3 is 2.44 bits per heavy atom. The second-order valence-electron chi connectivity index (χ2n) is 11.8. The van der Waals surface area contributed by atoms with Crippen molar-refractivity contribution in [3.8, 4) is 5.75 Å². The van der Waals surface area contributed by atoms with Crippen LogP contribution in [-0.2, 0) is 29.0 Å². The van der Waals surface area contributed by atoms with Crippen LogP contribution in [-0.4, -0.2) is 61.2 Å². The number of esters is 2. The number of hydrogen-bond donors (Lipinski definition) is 2. The van der Waals surface area contributed by atoms with E-state index < -0.39 is 62.9 Å². The number of nitrogen functional groups attached to an aromatic ring is 1. The summed E-state index contributed by atoms with van der Waals surface area (Å²) in [7, 11) is -2.84. The molecule has 2 heterocycles. The smallest absolute Gasteiger partial charge is 0.491 e. The van der Waals surface area contributed by atoms with E-state index in [1.54, 1.807) is 24.3 Å². The third kappa shape index (κ3) is 7.06.